The fourth-order valence-electron chi connectivity index (χ4n) is 7.16. The zero-order valence-corrected chi connectivity index (χ0v) is 26.2. The monoisotopic (exact) mass is 616 g/mol. The number of rotatable bonds is 10. The quantitative estimate of drug-likeness (QED) is 0.291. The van der Waals surface area contributed by atoms with E-state index in [1.165, 1.54) is 16.9 Å². The third-order valence-electron chi connectivity index (χ3n) is 9.63. The molecular weight excluding hydrogens is 572 g/mol. The molecule has 2 atom stereocenters. The number of ether oxygens (including phenoxy) is 1. The van der Waals surface area contributed by atoms with Gasteiger partial charge < -0.3 is 20.7 Å². The number of thiophene rings is 1. The number of carbonyl (C=O) groups is 3. The van der Waals surface area contributed by atoms with E-state index >= 15 is 0 Å². The summed E-state index contributed by atoms with van der Waals surface area (Å²) >= 11 is 1.44. The van der Waals surface area contributed by atoms with Crippen molar-refractivity contribution in [1.82, 2.24) is 20.9 Å². The van der Waals surface area contributed by atoms with Crippen LogP contribution in [0.5, 0.6) is 0 Å². The largest absolute Gasteiger partial charge is 0.381 e. The molecule has 1 aromatic heterocycles. The van der Waals surface area contributed by atoms with Crippen molar-refractivity contribution in [2.45, 2.75) is 75.4 Å². The van der Waals surface area contributed by atoms with E-state index in [0.29, 0.717) is 23.6 Å². The van der Waals surface area contributed by atoms with Crippen molar-refractivity contribution in [1.29, 1.82) is 0 Å². The lowest BCUT2D eigenvalue weighted by molar-refractivity contribution is -0.127. The van der Waals surface area contributed by atoms with Crippen LogP contribution in [-0.4, -0.2) is 67.1 Å². The first kappa shape index (κ1) is 30.7. The molecule has 0 spiro atoms. The summed E-state index contributed by atoms with van der Waals surface area (Å²) in [5, 5.41) is 10.3. The zero-order chi connectivity index (χ0) is 30.4. The van der Waals surface area contributed by atoms with Crippen LogP contribution in [0.15, 0.2) is 60.7 Å². The van der Waals surface area contributed by atoms with E-state index in [4.69, 9.17) is 4.74 Å². The molecule has 2 aromatic carbocycles. The first-order chi connectivity index (χ1) is 21.5. The summed E-state index contributed by atoms with van der Waals surface area (Å²) < 4.78 is 6.63. The normalized spacial score (nSPS) is 22.5. The van der Waals surface area contributed by atoms with E-state index in [1.54, 1.807) is 0 Å². The summed E-state index contributed by atoms with van der Waals surface area (Å²) in [5.74, 6) is 0.206. The lowest BCUT2D eigenvalue weighted by Crippen LogP contribution is -2.57. The van der Waals surface area contributed by atoms with Gasteiger partial charge >= 0.3 is 0 Å². The van der Waals surface area contributed by atoms with Crippen LogP contribution in [0.1, 0.15) is 79.1 Å². The molecular formula is C35H44N4O4S. The molecule has 44 heavy (non-hydrogen) atoms. The van der Waals surface area contributed by atoms with Gasteiger partial charge in [0.1, 0.15) is 5.54 Å². The lowest BCUT2D eigenvalue weighted by Gasteiger charge is -2.42. The maximum absolute atomic E-state index is 13.4. The van der Waals surface area contributed by atoms with Crippen LogP contribution in [0.3, 0.4) is 0 Å². The Kier molecular flexibility index (Phi) is 9.94. The van der Waals surface area contributed by atoms with Gasteiger partial charge in [-0.05, 0) is 67.5 Å². The number of piperidine rings is 1. The Bertz CT molecular complexity index is 1400. The highest BCUT2D eigenvalue weighted by atomic mass is 32.1. The smallest absolute Gasteiger partial charge is 0.262 e. The van der Waals surface area contributed by atoms with Crippen molar-refractivity contribution in [3.63, 3.8) is 0 Å². The van der Waals surface area contributed by atoms with Crippen LogP contribution in [-0.2, 0) is 14.3 Å². The van der Waals surface area contributed by atoms with Crippen LogP contribution >= 0.6 is 11.3 Å². The molecule has 8 nitrogen and oxygen atoms in total. The summed E-state index contributed by atoms with van der Waals surface area (Å²) in [6.07, 6.45) is 7.21. The van der Waals surface area contributed by atoms with Crippen LogP contribution in [0, 0.1) is 5.92 Å². The molecule has 3 amide bonds. The molecule has 234 valence electrons. The fourth-order valence-corrected chi connectivity index (χ4v) is 8.12. The van der Waals surface area contributed by atoms with Crippen molar-refractivity contribution in [3.8, 4) is 0 Å². The summed E-state index contributed by atoms with van der Waals surface area (Å²) in [5.41, 5.74) is 0.370. The average Bonchev–Trinajstić information content (AvgIpc) is 3.71. The second kappa shape index (κ2) is 14.2. The van der Waals surface area contributed by atoms with Crippen LogP contribution < -0.4 is 16.0 Å². The minimum atomic E-state index is -0.927. The Morgan fingerprint density at radius 3 is 2.48 bits per heavy atom. The van der Waals surface area contributed by atoms with E-state index in [2.05, 4.69) is 45.1 Å². The van der Waals surface area contributed by atoms with E-state index in [1.807, 2.05) is 36.4 Å². The fraction of sp³-hybridized carbons (Fsp3) is 0.514. The number of hydrogen-bond donors (Lipinski definition) is 3. The Morgan fingerprint density at radius 2 is 1.70 bits per heavy atom. The molecule has 1 aliphatic carbocycles. The minimum absolute atomic E-state index is 0.0465. The highest BCUT2D eigenvalue weighted by Crippen LogP contribution is 2.34. The second-order valence-corrected chi connectivity index (χ2v) is 13.7. The van der Waals surface area contributed by atoms with Crippen molar-refractivity contribution in [3.05, 3.63) is 71.1 Å². The number of hydrogen-bond acceptors (Lipinski definition) is 6. The molecule has 2 saturated heterocycles. The maximum atomic E-state index is 13.4. The van der Waals surface area contributed by atoms with Gasteiger partial charge in [-0.3, -0.25) is 19.3 Å². The van der Waals surface area contributed by atoms with Gasteiger partial charge in [0, 0.05) is 56.1 Å². The van der Waals surface area contributed by atoms with Gasteiger partial charge in [0.2, 0.25) is 11.8 Å². The van der Waals surface area contributed by atoms with Crippen molar-refractivity contribution >= 4 is 39.1 Å². The Hall–Kier alpha value is -3.27. The summed E-state index contributed by atoms with van der Waals surface area (Å²) in [4.78, 5) is 42.8. The second-order valence-electron chi connectivity index (χ2n) is 12.7. The number of carbonyl (C=O) groups excluding carboxylic acids is 3. The molecule has 2 aliphatic heterocycles. The molecule has 2 unspecified atom stereocenters. The predicted octanol–water partition coefficient (Wildman–Crippen LogP) is 5.20. The van der Waals surface area contributed by atoms with E-state index in [0.717, 1.165) is 74.9 Å². The number of amides is 3. The number of benzene rings is 2. The molecule has 9 heteroatoms. The molecule has 1 saturated carbocycles. The van der Waals surface area contributed by atoms with Crippen molar-refractivity contribution in [2.75, 3.05) is 32.8 Å². The standard InChI is InChI=1S/C35H44N4O4S/c40-32(37-28-13-19-39(24-25-14-20-43-21-15-25)29(23-28)26-8-2-1-3-9-26)12-18-36-34(42)35(16-6-7-17-35)38-33(41)31-22-27-10-4-5-11-30(27)44-31/h1-5,8-11,22,25,28-29H,6-7,12-21,23-24H2,(H,36,42)(H,37,40)(H,38,41). The van der Waals surface area contributed by atoms with Gasteiger partial charge in [-0.1, -0.05) is 61.4 Å². The van der Waals surface area contributed by atoms with Crippen LogP contribution in [0.4, 0.5) is 0 Å². The van der Waals surface area contributed by atoms with Crippen molar-refractivity contribution < 1.29 is 19.1 Å². The third-order valence-corrected chi connectivity index (χ3v) is 10.7. The number of nitrogens with one attached hydrogen (secondary N) is 3. The highest BCUT2D eigenvalue weighted by Gasteiger charge is 2.42. The SMILES string of the molecule is O=C(CCNC(=O)C1(NC(=O)c2cc3ccccc3s2)CCCC1)NC1CCN(CC2CCOCC2)C(c2ccccc2)C1. The summed E-state index contributed by atoms with van der Waals surface area (Å²) in [7, 11) is 0. The summed E-state index contributed by atoms with van der Waals surface area (Å²) in [6.45, 7) is 3.96. The van der Waals surface area contributed by atoms with Gasteiger partial charge in [0.25, 0.3) is 5.91 Å². The van der Waals surface area contributed by atoms with Crippen molar-refractivity contribution in [2.24, 2.45) is 5.92 Å². The van der Waals surface area contributed by atoms with E-state index in [9.17, 15) is 14.4 Å². The first-order valence-electron chi connectivity index (χ1n) is 16.2. The number of fused-ring (bicyclic) bond motifs is 1. The third kappa shape index (κ3) is 7.33. The van der Waals surface area contributed by atoms with Gasteiger partial charge in [-0.25, -0.2) is 0 Å². The van der Waals surface area contributed by atoms with E-state index in [-0.39, 0.29) is 42.8 Å². The maximum Gasteiger partial charge on any atom is 0.262 e. The molecule has 3 aromatic rings. The Balaban J connectivity index is 1.00. The minimum Gasteiger partial charge on any atom is -0.381 e. The van der Waals surface area contributed by atoms with Gasteiger partial charge in [-0.15, -0.1) is 11.3 Å². The molecule has 6 rings (SSSR count). The predicted molar refractivity (Wildman–Crippen MR) is 174 cm³/mol. The number of nitrogens with zero attached hydrogens (tertiary/aromatic N) is 1. The lowest BCUT2D eigenvalue weighted by atomic mass is 9.89. The van der Waals surface area contributed by atoms with Gasteiger partial charge in [0.05, 0.1) is 4.88 Å². The first-order valence-corrected chi connectivity index (χ1v) is 17.1. The average molecular weight is 617 g/mol. The molecule has 3 heterocycles. The molecule has 3 fully saturated rings. The molecule has 0 radical (unpaired) electrons. The number of likely N-dealkylation sites (tertiary alicyclic amines) is 1. The van der Waals surface area contributed by atoms with Gasteiger partial charge in [0.15, 0.2) is 0 Å². The van der Waals surface area contributed by atoms with Gasteiger partial charge in [-0.2, -0.15) is 0 Å². The topological polar surface area (TPSA) is 99.8 Å². The Morgan fingerprint density at radius 1 is 0.955 bits per heavy atom. The van der Waals surface area contributed by atoms with Crippen LogP contribution in [0.2, 0.25) is 0 Å². The van der Waals surface area contributed by atoms with E-state index < -0.39 is 5.54 Å². The highest BCUT2D eigenvalue weighted by molar-refractivity contribution is 7.20. The molecule has 3 aliphatic rings. The Labute approximate surface area is 263 Å². The molecule has 0 bridgehead atoms. The summed E-state index contributed by atoms with van der Waals surface area (Å²) in [6, 6.07) is 20.8. The van der Waals surface area contributed by atoms with Crippen LogP contribution in [0.25, 0.3) is 10.1 Å². The molecule has 3 N–H and O–H groups in total. The zero-order valence-electron chi connectivity index (χ0n) is 25.4.